The second kappa shape index (κ2) is 3.42. The summed E-state index contributed by atoms with van der Waals surface area (Å²) in [5, 5.41) is 0. The van der Waals surface area contributed by atoms with Crippen molar-refractivity contribution in [3.05, 3.63) is 18.1 Å². The number of rotatable bonds is 1. The van der Waals surface area contributed by atoms with E-state index in [2.05, 4.69) is 15.0 Å². The summed E-state index contributed by atoms with van der Waals surface area (Å²) in [6, 6.07) is 0. The van der Waals surface area contributed by atoms with E-state index in [4.69, 9.17) is 11.5 Å². The zero-order chi connectivity index (χ0) is 8.97. The van der Waals surface area contributed by atoms with E-state index in [9.17, 15) is 4.79 Å². The number of aromatic nitrogens is 2. The van der Waals surface area contributed by atoms with E-state index in [1.165, 1.54) is 12.4 Å². The van der Waals surface area contributed by atoms with Crippen LogP contribution in [0.1, 0.15) is 10.5 Å². The minimum atomic E-state index is -0.594. The van der Waals surface area contributed by atoms with Gasteiger partial charge in [0, 0.05) is 12.4 Å². The molecule has 6 heteroatoms. The maximum absolute atomic E-state index is 11.0. The Bertz CT molecular complexity index is 321. The summed E-state index contributed by atoms with van der Waals surface area (Å²) in [4.78, 5) is 21.6. The molecule has 0 bridgehead atoms. The average molecular weight is 165 g/mol. The largest absolute Gasteiger partial charge is 0.390 e. The highest BCUT2D eigenvalue weighted by molar-refractivity contribution is 6.00. The number of nitrogens with zero attached hydrogens (tertiary/aromatic N) is 3. The normalized spacial score (nSPS) is 10.3. The summed E-state index contributed by atoms with van der Waals surface area (Å²) in [6.45, 7) is 0. The van der Waals surface area contributed by atoms with Crippen LogP contribution in [0, 0.1) is 0 Å². The Morgan fingerprint density at radius 3 is 2.75 bits per heavy atom. The summed E-state index contributed by atoms with van der Waals surface area (Å²) in [5.74, 6) is -0.545. The molecule has 1 amide bonds. The maximum Gasteiger partial charge on any atom is 0.300 e. The van der Waals surface area contributed by atoms with Gasteiger partial charge in [-0.15, -0.1) is 0 Å². The zero-order valence-corrected chi connectivity index (χ0v) is 6.14. The van der Waals surface area contributed by atoms with E-state index in [1.807, 2.05) is 0 Å². The van der Waals surface area contributed by atoms with E-state index in [0.717, 1.165) is 6.34 Å². The number of anilines is 1. The molecule has 0 fully saturated rings. The molecular formula is C6H7N5O. The SMILES string of the molecule is N/C=N/C(=O)c1nccnc1N. The van der Waals surface area contributed by atoms with Crippen molar-refractivity contribution in [1.29, 1.82) is 0 Å². The van der Waals surface area contributed by atoms with Crippen LogP contribution < -0.4 is 11.5 Å². The molecule has 1 aromatic rings. The fourth-order valence-corrected chi connectivity index (χ4v) is 0.642. The molecule has 0 aliphatic rings. The van der Waals surface area contributed by atoms with Gasteiger partial charge in [0.05, 0.1) is 6.34 Å². The third kappa shape index (κ3) is 1.54. The van der Waals surface area contributed by atoms with E-state index in [0.29, 0.717) is 0 Å². The highest BCUT2D eigenvalue weighted by Gasteiger charge is 2.08. The summed E-state index contributed by atoms with van der Waals surface area (Å²) in [5.41, 5.74) is 10.3. The molecule has 6 nitrogen and oxygen atoms in total. The minimum Gasteiger partial charge on any atom is -0.390 e. The Hall–Kier alpha value is -1.98. The Morgan fingerprint density at radius 2 is 2.17 bits per heavy atom. The van der Waals surface area contributed by atoms with Crippen LogP contribution in [0.3, 0.4) is 0 Å². The Balaban J connectivity index is 3.03. The van der Waals surface area contributed by atoms with Gasteiger partial charge in [0.1, 0.15) is 0 Å². The lowest BCUT2D eigenvalue weighted by atomic mass is 10.4. The van der Waals surface area contributed by atoms with Gasteiger partial charge in [0.15, 0.2) is 11.5 Å². The highest BCUT2D eigenvalue weighted by Crippen LogP contribution is 2.03. The predicted molar refractivity (Wildman–Crippen MR) is 43.5 cm³/mol. The van der Waals surface area contributed by atoms with Crippen molar-refractivity contribution in [3.63, 3.8) is 0 Å². The third-order valence-corrected chi connectivity index (χ3v) is 1.12. The molecule has 0 atom stereocenters. The van der Waals surface area contributed by atoms with Crippen molar-refractivity contribution >= 4 is 18.1 Å². The molecule has 0 unspecified atom stereocenters. The van der Waals surface area contributed by atoms with Crippen molar-refractivity contribution in [3.8, 4) is 0 Å². The second-order valence-corrected chi connectivity index (χ2v) is 1.87. The van der Waals surface area contributed by atoms with Crippen LogP contribution in [0.4, 0.5) is 5.82 Å². The first-order valence-corrected chi connectivity index (χ1v) is 3.10. The Kier molecular flexibility index (Phi) is 2.32. The van der Waals surface area contributed by atoms with Gasteiger partial charge in [-0.3, -0.25) is 4.79 Å². The fraction of sp³-hybridized carbons (Fsp3) is 0. The van der Waals surface area contributed by atoms with E-state index < -0.39 is 5.91 Å². The lowest BCUT2D eigenvalue weighted by molar-refractivity contribution is 0.0999. The number of hydrogen-bond acceptors (Lipinski definition) is 4. The van der Waals surface area contributed by atoms with E-state index >= 15 is 0 Å². The number of nitrogen functional groups attached to an aromatic ring is 1. The van der Waals surface area contributed by atoms with Crippen LogP contribution in [-0.2, 0) is 0 Å². The molecule has 4 N–H and O–H groups in total. The fourth-order valence-electron chi connectivity index (χ4n) is 0.642. The van der Waals surface area contributed by atoms with Crippen molar-refractivity contribution in [1.82, 2.24) is 9.97 Å². The number of hydrogen-bond donors (Lipinski definition) is 2. The second-order valence-electron chi connectivity index (χ2n) is 1.87. The molecule has 0 saturated carbocycles. The van der Waals surface area contributed by atoms with Crippen LogP contribution in [0.5, 0.6) is 0 Å². The number of carbonyl (C=O) groups is 1. The van der Waals surface area contributed by atoms with Crippen LogP contribution >= 0.6 is 0 Å². The first-order valence-electron chi connectivity index (χ1n) is 3.10. The lowest BCUT2D eigenvalue weighted by Crippen LogP contribution is -2.07. The van der Waals surface area contributed by atoms with Crippen LogP contribution in [-0.4, -0.2) is 22.2 Å². The lowest BCUT2D eigenvalue weighted by Gasteiger charge is -1.95. The maximum atomic E-state index is 11.0. The van der Waals surface area contributed by atoms with E-state index in [-0.39, 0.29) is 11.5 Å². The molecule has 0 saturated heterocycles. The van der Waals surface area contributed by atoms with Gasteiger partial charge < -0.3 is 11.5 Å². The smallest absolute Gasteiger partial charge is 0.300 e. The van der Waals surface area contributed by atoms with Crippen LogP contribution in [0.2, 0.25) is 0 Å². The molecule has 0 radical (unpaired) electrons. The van der Waals surface area contributed by atoms with Gasteiger partial charge in [-0.2, -0.15) is 4.99 Å². The first kappa shape index (κ1) is 8.12. The molecule has 12 heavy (non-hydrogen) atoms. The minimum absolute atomic E-state index is 0.0131. The van der Waals surface area contributed by atoms with Crippen molar-refractivity contribution in [2.75, 3.05) is 5.73 Å². The molecule has 62 valence electrons. The summed E-state index contributed by atoms with van der Waals surface area (Å²) in [6.07, 6.45) is 3.63. The number of aliphatic imine (C=N–C) groups is 1. The number of nitrogens with two attached hydrogens (primary N) is 2. The molecule has 0 aliphatic heterocycles. The van der Waals surface area contributed by atoms with Gasteiger partial charge in [0.2, 0.25) is 0 Å². The summed E-state index contributed by atoms with van der Waals surface area (Å²) >= 11 is 0. The van der Waals surface area contributed by atoms with Crippen LogP contribution in [0.15, 0.2) is 17.4 Å². The van der Waals surface area contributed by atoms with Crippen molar-refractivity contribution < 1.29 is 4.79 Å². The highest BCUT2D eigenvalue weighted by atomic mass is 16.1. The van der Waals surface area contributed by atoms with Crippen molar-refractivity contribution in [2.24, 2.45) is 10.7 Å². The van der Waals surface area contributed by atoms with Gasteiger partial charge in [0.25, 0.3) is 0 Å². The molecular weight excluding hydrogens is 158 g/mol. The zero-order valence-electron chi connectivity index (χ0n) is 6.14. The summed E-state index contributed by atoms with van der Waals surface area (Å²) < 4.78 is 0. The standard InChI is InChI=1S/C6H7N5O/c7-3-11-6(12)4-5(8)10-2-1-9-4/h1-3H,(H2,8,10)(H2,7,11,12). The number of carbonyl (C=O) groups excluding carboxylic acids is 1. The predicted octanol–water partition coefficient (Wildman–Crippen LogP) is -0.814. The average Bonchev–Trinajstić information content (AvgIpc) is 2.05. The van der Waals surface area contributed by atoms with Gasteiger partial charge in [-0.05, 0) is 0 Å². The van der Waals surface area contributed by atoms with Gasteiger partial charge in [-0.1, -0.05) is 0 Å². The van der Waals surface area contributed by atoms with Gasteiger partial charge >= 0.3 is 5.91 Å². The Labute approximate surface area is 68.3 Å². The quantitative estimate of drug-likeness (QED) is 0.417. The molecule has 1 rings (SSSR count). The summed E-state index contributed by atoms with van der Waals surface area (Å²) in [7, 11) is 0. The molecule has 1 heterocycles. The monoisotopic (exact) mass is 165 g/mol. The molecule has 0 aliphatic carbocycles. The molecule has 0 aromatic carbocycles. The van der Waals surface area contributed by atoms with Crippen molar-refractivity contribution in [2.45, 2.75) is 0 Å². The van der Waals surface area contributed by atoms with Gasteiger partial charge in [-0.25, -0.2) is 9.97 Å². The Morgan fingerprint density at radius 1 is 1.50 bits per heavy atom. The van der Waals surface area contributed by atoms with Crippen LogP contribution in [0.25, 0.3) is 0 Å². The third-order valence-electron chi connectivity index (χ3n) is 1.12. The topological polar surface area (TPSA) is 107 Å². The number of amides is 1. The molecule has 0 spiro atoms. The first-order chi connectivity index (χ1) is 5.75. The van der Waals surface area contributed by atoms with E-state index in [1.54, 1.807) is 0 Å². The molecule has 1 aromatic heterocycles.